The van der Waals surface area contributed by atoms with Gasteiger partial charge in [0.25, 0.3) is 5.91 Å². The lowest BCUT2D eigenvalue weighted by molar-refractivity contribution is -0.123. The molecule has 106 valence electrons. The van der Waals surface area contributed by atoms with Crippen LogP contribution in [0.2, 0.25) is 0 Å². The fourth-order valence-corrected chi connectivity index (χ4v) is 2.44. The van der Waals surface area contributed by atoms with Crippen LogP contribution in [0.3, 0.4) is 0 Å². The Morgan fingerprint density at radius 1 is 1.14 bits per heavy atom. The zero-order valence-electron chi connectivity index (χ0n) is 10.6. The molecule has 1 aromatic carbocycles. The molecule has 3 N–H and O–H groups in total. The van der Waals surface area contributed by atoms with Crippen molar-refractivity contribution in [1.82, 2.24) is 10.6 Å². The number of carbonyl (C=O) groups is 3. The zero-order valence-corrected chi connectivity index (χ0v) is 10.6. The summed E-state index contributed by atoms with van der Waals surface area (Å²) in [6, 6.07) is 8.30. The summed E-state index contributed by atoms with van der Waals surface area (Å²) in [5.41, 5.74) is -1.64. The lowest BCUT2D eigenvalue weighted by atomic mass is 9.84. The van der Waals surface area contributed by atoms with Crippen LogP contribution in [0.1, 0.15) is 21.7 Å². The van der Waals surface area contributed by atoms with E-state index in [0.29, 0.717) is 0 Å². The molecule has 2 heterocycles. The summed E-state index contributed by atoms with van der Waals surface area (Å²) in [5, 5.41) is 13.9. The van der Waals surface area contributed by atoms with Crippen LogP contribution >= 0.6 is 0 Å². The van der Waals surface area contributed by atoms with Gasteiger partial charge in [0.2, 0.25) is 5.54 Å². The highest BCUT2D eigenvalue weighted by Crippen LogP contribution is 2.35. The van der Waals surface area contributed by atoms with Gasteiger partial charge in [-0.25, -0.2) is 9.59 Å². The number of hydrogen-bond donors (Lipinski definition) is 3. The molecule has 1 aromatic heterocycles. The molecule has 1 saturated heterocycles. The average molecular weight is 286 g/mol. The Kier molecular flexibility index (Phi) is 2.76. The molecule has 1 aliphatic rings. The number of nitrogens with one attached hydrogen (secondary N) is 2. The third-order valence-electron chi connectivity index (χ3n) is 3.32. The van der Waals surface area contributed by atoms with Crippen LogP contribution in [0.15, 0.2) is 47.1 Å². The number of carbonyl (C=O) groups excluding carboxylic acids is 2. The molecule has 7 nitrogen and oxygen atoms in total. The molecule has 0 spiro atoms. The van der Waals surface area contributed by atoms with Crippen LogP contribution in [0.4, 0.5) is 4.79 Å². The number of hydrogen-bond acceptors (Lipinski definition) is 4. The number of amides is 3. The molecule has 2 aromatic rings. The molecule has 1 aliphatic heterocycles. The number of carboxylic acids is 1. The van der Waals surface area contributed by atoms with Crippen molar-refractivity contribution in [3.63, 3.8) is 0 Å². The standard InChI is InChI=1S/C14H10N2O5/c17-11(18)8-4-1-2-5-9(8)14(10-6-3-7-21-10)12(19)15-13(20)16-14/h1-7H,(H,17,18)(H2,15,16,19,20). The van der Waals surface area contributed by atoms with Gasteiger partial charge in [-0.2, -0.15) is 0 Å². The molecule has 3 rings (SSSR count). The van der Waals surface area contributed by atoms with Gasteiger partial charge in [0.1, 0.15) is 5.76 Å². The van der Waals surface area contributed by atoms with Gasteiger partial charge in [-0.1, -0.05) is 18.2 Å². The number of aromatic carboxylic acids is 1. The molecule has 0 aliphatic carbocycles. The maximum atomic E-state index is 12.3. The number of carboxylic acid groups (broad SMARTS) is 1. The van der Waals surface area contributed by atoms with Crippen molar-refractivity contribution in [3.05, 3.63) is 59.5 Å². The normalized spacial score (nSPS) is 21.0. The molecule has 21 heavy (non-hydrogen) atoms. The first-order chi connectivity index (χ1) is 10.1. The molecule has 1 unspecified atom stereocenters. The predicted molar refractivity (Wildman–Crippen MR) is 69.6 cm³/mol. The number of rotatable bonds is 3. The van der Waals surface area contributed by atoms with Crippen molar-refractivity contribution in [2.45, 2.75) is 5.54 Å². The Bertz CT molecular complexity index is 738. The summed E-state index contributed by atoms with van der Waals surface area (Å²) in [5.74, 6) is -1.75. The number of benzene rings is 1. The third-order valence-corrected chi connectivity index (χ3v) is 3.32. The molecule has 0 bridgehead atoms. The quantitative estimate of drug-likeness (QED) is 0.731. The second kappa shape index (κ2) is 4.48. The topological polar surface area (TPSA) is 109 Å². The van der Waals surface area contributed by atoms with Crippen molar-refractivity contribution >= 4 is 17.9 Å². The van der Waals surface area contributed by atoms with E-state index in [9.17, 15) is 19.5 Å². The predicted octanol–water partition coefficient (Wildman–Crippen LogP) is 1.06. The van der Waals surface area contributed by atoms with Crippen molar-refractivity contribution < 1.29 is 23.9 Å². The fourth-order valence-electron chi connectivity index (χ4n) is 2.44. The minimum atomic E-state index is -1.68. The SMILES string of the molecule is O=C1NC(=O)C(c2ccco2)(c2ccccc2C(=O)O)N1. The van der Waals surface area contributed by atoms with Gasteiger partial charge in [-0.05, 0) is 18.2 Å². The Balaban J connectivity index is 2.30. The molecular formula is C14H10N2O5. The van der Waals surface area contributed by atoms with Crippen LogP contribution in [-0.4, -0.2) is 23.0 Å². The van der Waals surface area contributed by atoms with E-state index in [0.717, 1.165) is 0 Å². The second-order valence-corrected chi connectivity index (χ2v) is 4.49. The molecule has 1 atom stereocenters. The van der Waals surface area contributed by atoms with E-state index in [2.05, 4.69) is 10.6 Å². The molecule has 0 radical (unpaired) electrons. The lowest BCUT2D eigenvalue weighted by Crippen LogP contribution is -2.45. The third kappa shape index (κ3) is 1.78. The molecule has 1 fully saturated rings. The molecular weight excluding hydrogens is 276 g/mol. The van der Waals surface area contributed by atoms with Crippen molar-refractivity contribution in [2.24, 2.45) is 0 Å². The monoisotopic (exact) mass is 286 g/mol. The number of furan rings is 1. The van der Waals surface area contributed by atoms with Crippen LogP contribution in [0.5, 0.6) is 0 Å². The highest BCUT2D eigenvalue weighted by Gasteiger charge is 2.53. The van der Waals surface area contributed by atoms with Crippen LogP contribution in [-0.2, 0) is 10.3 Å². The summed E-state index contributed by atoms with van der Waals surface area (Å²) in [6.45, 7) is 0. The van der Waals surface area contributed by atoms with Gasteiger partial charge in [-0.3, -0.25) is 10.1 Å². The summed E-state index contributed by atoms with van der Waals surface area (Å²) in [7, 11) is 0. The number of urea groups is 1. The van der Waals surface area contributed by atoms with Crippen LogP contribution in [0.25, 0.3) is 0 Å². The van der Waals surface area contributed by atoms with Crippen molar-refractivity contribution in [2.75, 3.05) is 0 Å². The second-order valence-electron chi connectivity index (χ2n) is 4.49. The van der Waals surface area contributed by atoms with Gasteiger partial charge in [0.05, 0.1) is 11.8 Å². The average Bonchev–Trinajstić information content (AvgIpc) is 3.07. The van der Waals surface area contributed by atoms with E-state index >= 15 is 0 Å². The van der Waals surface area contributed by atoms with Crippen LogP contribution < -0.4 is 10.6 Å². The summed E-state index contributed by atoms with van der Waals surface area (Å²) in [4.78, 5) is 35.3. The van der Waals surface area contributed by atoms with E-state index in [-0.39, 0.29) is 16.9 Å². The van der Waals surface area contributed by atoms with Gasteiger partial charge in [-0.15, -0.1) is 0 Å². The maximum Gasteiger partial charge on any atom is 0.336 e. The van der Waals surface area contributed by atoms with E-state index in [1.807, 2.05) is 0 Å². The van der Waals surface area contributed by atoms with Gasteiger partial charge in [0, 0.05) is 5.56 Å². The summed E-state index contributed by atoms with van der Waals surface area (Å²) in [6.07, 6.45) is 1.35. The summed E-state index contributed by atoms with van der Waals surface area (Å²) < 4.78 is 5.26. The van der Waals surface area contributed by atoms with Gasteiger partial charge in [0.15, 0.2) is 0 Å². The first-order valence-corrected chi connectivity index (χ1v) is 6.06. The Hall–Kier alpha value is -3.09. The van der Waals surface area contributed by atoms with E-state index in [1.165, 1.54) is 30.5 Å². The molecule has 0 saturated carbocycles. The lowest BCUT2D eigenvalue weighted by Gasteiger charge is -2.25. The highest BCUT2D eigenvalue weighted by molar-refractivity contribution is 6.10. The maximum absolute atomic E-state index is 12.3. The van der Waals surface area contributed by atoms with Crippen molar-refractivity contribution in [1.29, 1.82) is 0 Å². The number of imide groups is 1. The minimum Gasteiger partial charge on any atom is -0.478 e. The minimum absolute atomic E-state index is 0.0914. The smallest absolute Gasteiger partial charge is 0.336 e. The highest BCUT2D eigenvalue weighted by atomic mass is 16.4. The first-order valence-electron chi connectivity index (χ1n) is 6.06. The Morgan fingerprint density at radius 2 is 1.90 bits per heavy atom. The zero-order chi connectivity index (χ0) is 15.0. The first kappa shape index (κ1) is 12.9. The Morgan fingerprint density at radius 3 is 2.48 bits per heavy atom. The fraction of sp³-hybridized carbons (Fsp3) is 0.0714. The van der Waals surface area contributed by atoms with E-state index < -0.39 is 23.4 Å². The largest absolute Gasteiger partial charge is 0.478 e. The van der Waals surface area contributed by atoms with Gasteiger partial charge < -0.3 is 14.8 Å². The van der Waals surface area contributed by atoms with Gasteiger partial charge >= 0.3 is 12.0 Å². The summed E-state index contributed by atoms with van der Waals surface area (Å²) >= 11 is 0. The van der Waals surface area contributed by atoms with Crippen molar-refractivity contribution in [3.8, 4) is 0 Å². The molecule has 3 amide bonds. The van der Waals surface area contributed by atoms with Crippen LogP contribution in [0, 0.1) is 0 Å². The Labute approximate surface area is 118 Å². The van der Waals surface area contributed by atoms with E-state index in [4.69, 9.17) is 4.42 Å². The molecule has 7 heteroatoms. The van der Waals surface area contributed by atoms with E-state index in [1.54, 1.807) is 12.1 Å².